The lowest BCUT2D eigenvalue weighted by Crippen LogP contribution is -2.08. The predicted molar refractivity (Wildman–Crippen MR) is 148 cm³/mol. The molecule has 2 aromatic heterocycles. The number of benzene rings is 3. The second-order valence-corrected chi connectivity index (χ2v) is 9.81. The fraction of sp³-hybridized carbons (Fsp3) is 0.258. The van der Waals surface area contributed by atoms with E-state index in [-0.39, 0.29) is 0 Å². The number of aromatic nitrogens is 4. The van der Waals surface area contributed by atoms with Crippen LogP contribution >= 0.6 is 0 Å². The van der Waals surface area contributed by atoms with Crippen LogP contribution in [0.15, 0.2) is 66.9 Å². The Hall–Kier alpha value is -4.39. The highest BCUT2D eigenvalue weighted by Crippen LogP contribution is 2.32. The van der Waals surface area contributed by atoms with E-state index in [4.69, 9.17) is 14.7 Å². The molecule has 5 aromatic rings. The first-order valence-corrected chi connectivity index (χ1v) is 13.1. The van der Waals surface area contributed by atoms with Gasteiger partial charge in [-0.25, -0.2) is 9.78 Å². The molecule has 0 saturated carbocycles. The van der Waals surface area contributed by atoms with Crippen LogP contribution in [0.4, 0.5) is 0 Å². The van der Waals surface area contributed by atoms with Gasteiger partial charge in [-0.15, -0.1) is 0 Å². The van der Waals surface area contributed by atoms with Crippen molar-refractivity contribution in [1.82, 2.24) is 19.1 Å². The van der Waals surface area contributed by atoms with E-state index < -0.39 is 5.97 Å². The third-order valence-electron chi connectivity index (χ3n) is 7.25. The number of ether oxygens (including phenoxy) is 1. The maximum Gasteiger partial charge on any atom is 0.336 e. The molecule has 1 aliphatic rings. The van der Waals surface area contributed by atoms with E-state index >= 15 is 0 Å². The van der Waals surface area contributed by atoms with E-state index in [1.165, 1.54) is 12.8 Å². The Balaban J connectivity index is 1.38. The monoisotopic (exact) mass is 506 g/mol. The summed E-state index contributed by atoms with van der Waals surface area (Å²) in [6.07, 6.45) is 5.60. The fourth-order valence-corrected chi connectivity index (χ4v) is 5.36. The van der Waals surface area contributed by atoms with Crippen molar-refractivity contribution in [3.63, 3.8) is 0 Å². The van der Waals surface area contributed by atoms with Crippen molar-refractivity contribution in [2.24, 2.45) is 0 Å². The quantitative estimate of drug-likeness (QED) is 0.278. The van der Waals surface area contributed by atoms with Crippen LogP contribution < -0.4 is 4.74 Å². The number of aromatic carboxylic acids is 1. The summed E-state index contributed by atoms with van der Waals surface area (Å²) in [6.45, 7) is 6.18. The minimum absolute atomic E-state index is 0.295. The first-order chi connectivity index (χ1) is 18.5. The van der Waals surface area contributed by atoms with E-state index in [9.17, 15) is 9.90 Å². The molecular formula is C31H30N4O3. The first kappa shape index (κ1) is 24.0. The fourth-order valence-electron chi connectivity index (χ4n) is 5.36. The molecule has 1 N–H and O–H groups in total. The Bertz CT molecular complexity index is 1620. The average molecular weight is 507 g/mol. The van der Waals surface area contributed by atoms with Crippen molar-refractivity contribution in [2.75, 3.05) is 6.61 Å². The van der Waals surface area contributed by atoms with E-state index in [1.54, 1.807) is 12.1 Å². The number of carbonyl (C=O) groups is 1. The molecule has 7 nitrogen and oxygen atoms in total. The maximum absolute atomic E-state index is 11.7. The average Bonchev–Trinajstić information content (AvgIpc) is 3.51. The molecule has 3 aromatic carbocycles. The van der Waals surface area contributed by atoms with Gasteiger partial charge < -0.3 is 14.4 Å². The Morgan fingerprint density at radius 1 is 1.03 bits per heavy atom. The lowest BCUT2D eigenvalue weighted by atomic mass is 9.99. The molecule has 192 valence electrons. The minimum atomic E-state index is -0.930. The molecule has 0 amide bonds. The van der Waals surface area contributed by atoms with Gasteiger partial charge in [-0.05, 0) is 67.1 Å². The van der Waals surface area contributed by atoms with Crippen molar-refractivity contribution in [2.45, 2.75) is 46.2 Å². The molecule has 3 heterocycles. The summed E-state index contributed by atoms with van der Waals surface area (Å²) in [6, 6.07) is 20.0. The zero-order chi connectivity index (χ0) is 26.2. The number of fused-ring (bicyclic) bond motifs is 2. The van der Waals surface area contributed by atoms with Crippen LogP contribution in [-0.2, 0) is 19.5 Å². The van der Waals surface area contributed by atoms with Crippen molar-refractivity contribution in [3.8, 4) is 28.4 Å². The van der Waals surface area contributed by atoms with Crippen molar-refractivity contribution in [3.05, 3.63) is 89.4 Å². The minimum Gasteiger partial charge on any atom is -0.478 e. The molecule has 0 spiro atoms. The molecule has 0 unspecified atom stereocenters. The molecule has 7 heteroatoms. The molecule has 1 aliphatic heterocycles. The third kappa shape index (κ3) is 4.34. The zero-order valence-electron chi connectivity index (χ0n) is 21.6. The van der Waals surface area contributed by atoms with Gasteiger partial charge in [0.25, 0.3) is 6.01 Å². The van der Waals surface area contributed by atoms with E-state index in [0.717, 1.165) is 57.8 Å². The number of carboxylic acids is 1. The summed E-state index contributed by atoms with van der Waals surface area (Å²) >= 11 is 0. The highest BCUT2D eigenvalue weighted by molar-refractivity contribution is 5.96. The standard InChI is InChI=1S/C31H30N4O3/c1-3-38-31-33-29-20(2)16-23(26-19-34-15-7-6-10-28(34)32-26)17-27(29)35(31)18-21-11-13-22(14-12-21)24-8-4-5-9-25(24)30(36)37/h4-5,8-9,11-14,16-17,19H,3,6-7,10,15,18H2,1-2H3,(H,36,37). The lowest BCUT2D eigenvalue weighted by Gasteiger charge is -2.11. The Morgan fingerprint density at radius 3 is 2.61 bits per heavy atom. The van der Waals surface area contributed by atoms with Gasteiger partial charge in [-0.3, -0.25) is 4.57 Å². The van der Waals surface area contributed by atoms with Crippen LogP contribution in [0.2, 0.25) is 0 Å². The van der Waals surface area contributed by atoms with Crippen LogP contribution in [0.25, 0.3) is 33.4 Å². The highest BCUT2D eigenvalue weighted by atomic mass is 16.5. The van der Waals surface area contributed by atoms with Crippen LogP contribution in [0.5, 0.6) is 6.01 Å². The van der Waals surface area contributed by atoms with Crippen molar-refractivity contribution in [1.29, 1.82) is 0 Å². The van der Waals surface area contributed by atoms with Gasteiger partial charge in [-0.2, -0.15) is 4.98 Å². The highest BCUT2D eigenvalue weighted by Gasteiger charge is 2.19. The van der Waals surface area contributed by atoms with Gasteiger partial charge in [-0.1, -0.05) is 42.5 Å². The SMILES string of the molecule is CCOc1nc2c(C)cc(-c3cn4c(n3)CCCC4)cc2n1Cc1ccc(-c2ccccc2C(=O)O)cc1. The number of hydrogen-bond acceptors (Lipinski definition) is 4. The molecule has 0 atom stereocenters. The van der Waals surface area contributed by atoms with E-state index in [2.05, 4.69) is 34.4 Å². The zero-order valence-corrected chi connectivity index (χ0v) is 21.6. The number of rotatable bonds is 7. The number of aryl methyl sites for hydroxylation is 3. The van der Waals surface area contributed by atoms with E-state index in [0.29, 0.717) is 30.3 Å². The molecule has 38 heavy (non-hydrogen) atoms. The largest absolute Gasteiger partial charge is 0.478 e. The predicted octanol–water partition coefficient (Wildman–Crippen LogP) is 6.36. The molecule has 6 rings (SSSR count). The summed E-state index contributed by atoms with van der Waals surface area (Å²) in [4.78, 5) is 21.5. The summed E-state index contributed by atoms with van der Waals surface area (Å²) in [5.74, 6) is 0.234. The third-order valence-corrected chi connectivity index (χ3v) is 7.25. The second-order valence-electron chi connectivity index (χ2n) is 9.81. The Morgan fingerprint density at radius 2 is 1.84 bits per heavy atom. The van der Waals surface area contributed by atoms with Gasteiger partial charge in [0.05, 0.1) is 35.4 Å². The van der Waals surface area contributed by atoms with Crippen molar-refractivity contribution < 1.29 is 14.6 Å². The van der Waals surface area contributed by atoms with Gasteiger partial charge in [0.2, 0.25) is 0 Å². The number of carboxylic acid groups (broad SMARTS) is 1. The number of hydrogen-bond donors (Lipinski definition) is 1. The van der Waals surface area contributed by atoms with Gasteiger partial charge in [0.15, 0.2) is 0 Å². The van der Waals surface area contributed by atoms with Crippen molar-refractivity contribution >= 4 is 17.0 Å². The first-order valence-electron chi connectivity index (χ1n) is 13.1. The number of imidazole rings is 2. The van der Waals surface area contributed by atoms with Crippen LogP contribution in [0.1, 0.15) is 47.1 Å². The number of nitrogens with zero attached hydrogens (tertiary/aromatic N) is 4. The summed E-state index contributed by atoms with van der Waals surface area (Å²) in [5, 5.41) is 9.58. The molecule has 0 bridgehead atoms. The molecular weight excluding hydrogens is 476 g/mol. The van der Waals surface area contributed by atoms with Crippen LogP contribution in [0.3, 0.4) is 0 Å². The molecule has 0 aliphatic carbocycles. The normalized spacial score (nSPS) is 13.0. The lowest BCUT2D eigenvalue weighted by molar-refractivity contribution is 0.0697. The van der Waals surface area contributed by atoms with Crippen LogP contribution in [0, 0.1) is 6.92 Å². The second kappa shape index (κ2) is 9.82. The Labute approximate surface area is 221 Å². The summed E-state index contributed by atoms with van der Waals surface area (Å²) in [7, 11) is 0. The van der Waals surface area contributed by atoms with Gasteiger partial charge in [0.1, 0.15) is 5.82 Å². The molecule has 0 saturated heterocycles. The summed E-state index contributed by atoms with van der Waals surface area (Å²) in [5.41, 5.74) is 8.05. The van der Waals surface area contributed by atoms with Gasteiger partial charge >= 0.3 is 5.97 Å². The molecule has 0 fully saturated rings. The Kier molecular flexibility index (Phi) is 6.19. The maximum atomic E-state index is 11.7. The van der Waals surface area contributed by atoms with Crippen LogP contribution in [-0.4, -0.2) is 36.8 Å². The smallest absolute Gasteiger partial charge is 0.336 e. The molecule has 0 radical (unpaired) electrons. The van der Waals surface area contributed by atoms with Gasteiger partial charge in [0, 0.05) is 24.7 Å². The topological polar surface area (TPSA) is 82.2 Å². The summed E-state index contributed by atoms with van der Waals surface area (Å²) < 4.78 is 10.4. The van der Waals surface area contributed by atoms with E-state index in [1.807, 2.05) is 43.3 Å².